The molecule has 1 atom stereocenters. The first kappa shape index (κ1) is 7.55. The third-order valence-electron chi connectivity index (χ3n) is 2.09. The van der Waals surface area contributed by atoms with E-state index >= 15 is 0 Å². The first-order chi connectivity index (χ1) is 4.73. The predicted molar refractivity (Wildman–Crippen MR) is 41.6 cm³/mol. The molecule has 1 rings (SSSR count). The fourth-order valence-electron chi connectivity index (χ4n) is 1.16. The average molecular weight is 137 g/mol. The van der Waals surface area contributed by atoms with Gasteiger partial charge in [0.05, 0.1) is 13.2 Å². The van der Waals surface area contributed by atoms with Crippen LogP contribution in [0.15, 0.2) is 18.2 Å². The van der Waals surface area contributed by atoms with Crippen molar-refractivity contribution in [3.8, 4) is 0 Å². The molecule has 0 aromatic rings. The molecule has 1 aliphatic rings. The lowest BCUT2D eigenvalue weighted by Gasteiger charge is -2.17. The summed E-state index contributed by atoms with van der Waals surface area (Å²) in [6.07, 6.45) is 5.06. The molecule has 0 saturated carbocycles. The van der Waals surface area contributed by atoms with Crippen molar-refractivity contribution < 1.29 is 4.74 Å². The Morgan fingerprint density at radius 1 is 1.80 bits per heavy atom. The third kappa shape index (κ3) is 1.01. The SMILES string of the molecule is C=CC1(C)COCC1=[C]C. The first-order valence-electron chi connectivity index (χ1n) is 3.48. The molecule has 1 heterocycles. The second kappa shape index (κ2) is 2.59. The van der Waals surface area contributed by atoms with Crippen LogP contribution in [0, 0.1) is 11.5 Å². The van der Waals surface area contributed by atoms with Gasteiger partial charge in [0.2, 0.25) is 0 Å². The Kier molecular flexibility index (Phi) is 1.95. The second-order valence-corrected chi connectivity index (χ2v) is 2.84. The molecule has 0 aliphatic carbocycles. The highest BCUT2D eigenvalue weighted by Gasteiger charge is 2.30. The number of hydrogen-bond donors (Lipinski definition) is 0. The van der Waals surface area contributed by atoms with Gasteiger partial charge in [0.25, 0.3) is 0 Å². The minimum atomic E-state index is 0.0503. The summed E-state index contributed by atoms with van der Waals surface area (Å²) in [5.41, 5.74) is 1.27. The topological polar surface area (TPSA) is 9.23 Å². The molecule has 1 radical (unpaired) electrons. The van der Waals surface area contributed by atoms with Crippen molar-refractivity contribution in [1.82, 2.24) is 0 Å². The van der Waals surface area contributed by atoms with Crippen molar-refractivity contribution in [3.05, 3.63) is 24.3 Å². The third-order valence-corrected chi connectivity index (χ3v) is 2.09. The van der Waals surface area contributed by atoms with Crippen LogP contribution < -0.4 is 0 Å². The van der Waals surface area contributed by atoms with Gasteiger partial charge in [0.1, 0.15) is 0 Å². The van der Waals surface area contributed by atoms with Gasteiger partial charge >= 0.3 is 0 Å². The minimum absolute atomic E-state index is 0.0503. The number of allylic oxidation sites excluding steroid dienone is 1. The van der Waals surface area contributed by atoms with Gasteiger partial charge < -0.3 is 4.74 Å². The van der Waals surface area contributed by atoms with Crippen LogP contribution in [0.4, 0.5) is 0 Å². The van der Waals surface area contributed by atoms with Crippen molar-refractivity contribution >= 4 is 0 Å². The Hall–Kier alpha value is -0.560. The molecule has 55 valence electrons. The van der Waals surface area contributed by atoms with E-state index in [1.807, 2.05) is 13.0 Å². The van der Waals surface area contributed by atoms with Crippen LogP contribution in [0.1, 0.15) is 13.8 Å². The van der Waals surface area contributed by atoms with Gasteiger partial charge in [-0.1, -0.05) is 13.0 Å². The lowest BCUT2D eigenvalue weighted by Crippen LogP contribution is -2.14. The van der Waals surface area contributed by atoms with Gasteiger partial charge in [-0.25, -0.2) is 0 Å². The molecule has 0 aromatic carbocycles. The van der Waals surface area contributed by atoms with E-state index in [2.05, 4.69) is 19.6 Å². The van der Waals surface area contributed by atoms with E-state index in [0.717, 1.165) is 13.2 Å². The van der Waals surface area contributed by atoms with Crippen LogP contribution in [-0.4, -0.2) is 13.2 Å². The molecule has 0 bridgehead atoms. The number of hydrogen-bond acceptors (Lipinski definition) is 1. The molecule has 1 fully saturated rings. The standard InChI is InChI=1S/C9H13O/c1-4-8-6-10-7-9(8,3)5-2/h5H,2,6-7H2,1,3H3. The highest BCUT2D eigenvalue weighted by molar-refractivity contribution is 5.20. The molecule has 1 saturated heterocycles. The monoisotopic (exact) mass is 137 g/mol. The summed E-state index contributed by atoms with van der Waals surface area (Å²) in [5.74, 6) is 0. The smallest absolute Gasteiger partial charge is 0.0692 e. The van der Waals surface area contributed by atoms with Crippen LogP contribution >= 0.6 is 0 Å². The summed E-state index contributed by atoms with van der Waals surface area (Å²) in [6.45, 7) is 9.30. The van der Waals surface area contributed by atoms with Gasteiger partial charge in [-0.2, -0.15) is 0 Å². The summed E-state index contributed by atoms with van der Waals surface area (Å²) in [6, 6.07) is 0. The normalized spacial score (nSPS) is 36.8. The van der Waals surface area contributed by atoms with Crippen molar-refractivity contribution in [2.24, 2.45) is 5.41 Å². The largest absolute Gasteiger partial charge is 0.376 e. The molecule has 1 unspecified atom stereocenters. The molecule has 0 N–H and O–H groups in total. The fraction of sp³-hybridized carbons (Fsp3) is 0.556. The zero-order chi connectivity index (χ0) is 7.61. The maximum Gasteiger partial charge on any atom is 0.0692 e. The molecule has 10 heavy (non-hydrogen) atoms. The average Bonchev–Trinajstić information content (AvgIpc) is 2.32. The molecule has 1 nitrogen and oxygen atoms in total. The van der Waals surface area contributed by atoms with Crippen molar-refractivity contribution in [2.75, 3.05) is 13.2 Å². The molecular weight excluding hydrogens is 124 g/mol. The molecule has 0 aromatic heterocycles. The number of rotatable bonds is 1. The summed E-state index contributed by atoms with van der Waals surface area (Å²) >= 11 is 0. The summed E-state index contributed by atoms with van der Waals surface area (Å²) in [7, 11) is 0. The van der Waals surface area contributed by atoms with Gasteiger partial charge in [0.15, 0.2) is 0 Å². The Morgan fingerprint density at radius 2 is 2.50 bits per heavy atom. The Balaban J connectivity index is 2.85. The summed E-state index contributed by atoms with van der Waals surface area (Å²) in [5, 5.41) is 0. The van der Waals surface area contributed by atoms with Crippen LogP contribution in [0.3, 0.4) is 0 Å². The van der Waals surface area contributed by atoms with E-state index in [4.69, 9.17) is 4.74 Å². The van der Waals surface area contributed by atoms with E-state index in [1.165, 1.54) is 5.57 Å². The second-order valence-electron chi connectivity index (χ2n) is 2.84. The molecule has 0 spiro atoms. The van der Waals surface area contributed by atoms with Crippen LogP contribution in [0.25, 0.3) is 0 Å². The zero-order valence-electron chi connectivity index (χ0n) is 6.61. The van der Waals surface area contributed by atoms with Gasteiger partial charge in [-0.05, 0) is 18.6 Å². The molecule has 1 aliphatic heterocycles. The van der Waals surface area contributed by atoms with E-state index in [1.54, 1.807) is 0 Å². The van der Waals surface area contributed by atoms with Crippen molar-refractivity contribution in [1.29, 1.82) is 0 Å². The lowest BCUT2D eigenvalue weighted by molar-refractivity contribution is 0.175. The van der Waals surface area contributed by atoms with Gasteiger partial charge in [-0.15, -0.1) is 6.58 Å². The molecular formula is C9H13O. The van der Waals surface area contributed by atoms with Crippen LogP contribution in [-0.2, 0) is 4.74 Å². The number of ether oxygens (including phenoxy) is 1. The maximum atomic E-state index is 5.28. The van der Waals surface area contributed by atoms with E-state index < -0.39 is 0 Å². The van der Waals surface area contributed by atoms with Crippen LogP contribution in [0.2, 0.25) is 0 Å². The highest BCUT2D eigenvalue weighted by Crippen LogP contribution is 2.33. The zero-order valence-corrected chi connectivity index (χ0v) is 6.61. The van der Waals surface area contributed by atoms with Crippen LogP contribution in [0.5, 0.6) is 0 Å². The molecule has 0 amide bonds. The van der Waals surface area contributed by atoms with Crippen molar-refractivity contribution in [2.45, 2.75) is 13.8 Å². The maximum absolute atomic E-state index is 5.28. The first-order valence-corrected chi connectivity index (χ1v) is 3.48. The van der Waals surface area contributed by atoms with E-state index in [0.29, 0.717) is 0 Å². The Bertz CT molecular complexity index is 170. The van der Waals surface area contributed by atoms with Gasteiger partial charge in [0, 0.05) is 5.41 Å². The highest BCUT2D eigenvalue weighted by atomic mass is 16.5. The van der Waals surface area contributed by atoms with Gasteiger partial charge in [-0.3, -0.25) is 0 Å². The summed E-state index contributed by atoms with van der Waals surface area (Å²) < 4.78 is 5.28. The molecule has 1 heteroatoms. The van der Waals surface area contributed by atoms with E-state index in [9.17, 15) is 0 Å². The van der Waals surface area contributed by atoms with Crippen molar-refractivity contribution in [3.63, 3.8) is 0 Å². The fourth-order valence-corrected chi connectivity index (χ4v) is 1.16. The minimum Gasteiger partial charge on any atom is -0.376 e. The Labute approximate surface area is 62.4 Å². The quantitative estimate of drug-likeness (QED) is 0.502. The Morgan fingerprint density at radius 3 is 2.90 bits per heavy atom. The summed E-state index contributed by atoms with van der Waals surface area (Å²) in [4.78, 5) is 0. The predicted octanol–water partition coefficient (Wildman–Crippen LogP) is 1.96. The lowest BCUT2D eigenvalue weighted by atomic mass is 9.85. The van der Waals surface area contributed by atoms with E-state index in [-0.39, 0.29) is 5.41 Å².